The van der Waals surface area contributed by atoms with Gasteiger partial charge < -0.3 is 4.74 Å². The third-order valence-corrected chi connectivity index (χ3v) is 3.40. The first-order chi connectivity index (χ1) is 5.27. The molecule has 3 saturated heterocycles. The van der Waals surface area contributed by atoms with Crippen LogP contribution in [0.5, 0.6) is 0 Å². The molecule has 0 N–H and O–H groups in total. The molecular formula is C9H15NO. The fourth-order valence-electron chi connectivity index (χ4n) is 2.83. The lowest BCUT2D eigenvalue weighted by Gasteiger charge is -2.36. The van der Waals surface area contributed by atoms with Crippen molar-refractivity contribution in [1.29, 1.82) is 0 Å². The van der Waals surface area contributed by atoms with Crippen LogP contribution in [0, 0.1) is 5.92 Å². The molecule has 2 heteroatoms. The molecule has 0 aromatic carbocycles. The lowest BCUT2D eigenvalue weighted by molar-refractivity contribution is -0.0380. The van der Waals surface area contributed by atoms with E-state index in [9.17, 15) is 0 Å². The van der Waals surface area contributed by atoms with Crippen molar-refractivity contribution >= 4 is 0 Å². The zero-order valence-electron chi connectivity index (χ0n) is 7.16. The van der Waals surface area contributed by atoms with Gasteiger partial charge in [-0.05, 0) is 20.3 Å². The Labute approximate surface area is 67.5 Å². The van der Waals surface area contributed by atoms with Crippen molar-refractivity contribution in [3.8, 4) is 0 Å². The summed E-state index contributed by atoms with van der Waals surface area (Å²) in [7, 11) is 0. The molecule has 0 aromatic rings. The molecule has 0 spiro atoms. The highest BCUT2D eigenvalue weighted by molar-refractivity contribution is 5.16. The number of fused-ring (bicyclic) bond motifs is 1. The first kappa shape index (κ1) is 6.44. The van der Waals surface area contributed by atoms with Crippen LogP contribution in [0.2, 0.25) is 0 Å². The summed E-state index contributed by atoms with van der Waals surface area (Å²) in [6.07, 6.45) is 2.56. The highest BCUT2D eigenvalue weighted by Gasteiger charge is 2.64. The number of hydrogen-bond acceptors (Lipinski definition) is 2. The van der Waals surface area contributed by atoms with Crippen molar-refractivity contribution in [3.63, 3.8) is 0 Å². The van der Waals surface area contributed by atoms with Gasteiger partial charge in [-0.15, -0.1) is 0 Å². The van der Waals surface area contributed by atoms with Gasteiger partial charge in [-0.2, -0.15) is 0 Å². The highest BCUT2D eigenvalue weighted by Crippen LogP contribution is 2.53. The van der Waals surface area contributed by atoms with Gasteiger partial charge in [0.2, 0.25) is 0 Å². The van der Waals surface area contributed by atoms with Crippen molar-refractivity contribution in [2.24, 2.45) is 5.92 Å². The second-order valence-corrected chi connectivity index (χ2v) is 4.40. The molecule has 4 atom stereocenters. The topological polar surface area (TPSA) is 12.5 Å². The van der Waals surface area contributed by atoms with Crippen molar-refractivity contribution in [3.05, 3.63) is 0 Å². The molecule has 1 aliphatic carbocycles. The van der Waals surface area contributed by atoms with Crippen molar-refractivity contribution in [2.45, 2.75) is 44.6 Å². The van der Waals surface area contributed by atoms with Gasteiger partial charge in [0.25, 0.3) is 0 Å². The van der Waals surface area contributed by atoms with E-state index in [4.69, 9.17) is 4.74 Å². The quantitative estimate of drug-likeness (QED) is 0.554. The second kappa shape index (κ2) is 1.80. The van der Waals surface area contributed by atoms with E-state index in [-0.39, 0.29) is 0 Å². The molecule has 3 unspecified atom stereocenters. The lowest BCUT2D eigenvalue weighted by Crippen LogP contribution is -2.47. The molecule has 0 amide bonds. The smallest absolute Gasteiger partial charge is 0.0783 e. The van der Waals surface area contributed by atoms with Gasteiger partial charge in [0.15, 0.2) is 0 Å². The Balaban J connectivity index is 1.82. The monoisotopic (exact) mass is 153 g/mol. The SMILES string of the molecule is CC(C)N1CC2C[C@H]3C(O2)C31. The number of hydrogen-bond donors (Lipinski definition) is 0. The number of piperidine rings is 1. The van der Waals surface area contributed by atoms with E-state index >= 15 is 0 Å². The number of rotatable bonds is 1. The Morgan fingerprint density at radius 1 is 1.45 bits per heavy atom. The summed E-state index contributed by atoms with van der Waals surface area (Å²) in [6.45, 7) is 5.77. The largest absolute Gasteiger partial charge is 0.372 e. The van der Waals surface area contributed by atoms with Gasteiger partial charge in [0.05, 0.1) is 12.2 Å². The summed E-state index contributed by atoms with van der Waals surface area (Å²) in [6, 6.07) is 1.53. The maximum absolute atomic E-state index is 5.77. The molecule has 62 valence electrons. The Kier molecular flexibility index (Phi) is 1.06. The van der Waals surface area contributed by atoms with E-state index in [1.54, 1.807) is 0 Å². The van der Waals surface area contributed by atoms with Crippen LogP contribution in [-0.2, 0) is 4.74 Å². The van der Waals surface area contributed by atoms with Crippen molar-refractivity contribution in [2.75, 3.05) is 6.54 Å². The van der Waals surface area contributed by atoms with Crippen molar-refractivity contribution in [1.82, 2.24) is 4.90 Å². The number of morpholine rings is 1. The van der Waals surface area contributed by atoms with Gasteiger partial charge in [-0.25, -0.2) is 0 Å². The molecule has 1 saturated carbocycles. The first-order valence-corrected chi connectivity index (χ1v) is 4.68. The zero-order chi connectivity index (χ0) is 7.59. The zero-order valence-corrected chi connectivity index (χ0v) is 7.16. The summed E-state index contributed by atoms with van der Waals surface area (Å²) < 4.78 is 5.77. The second-order valence-electron chi connectivity index (χ2n) is 4.40. The average molecular weight is 153 g/mol. The van der Waals surface area contributed by atoms with Gasteiger partial charge in [0, 0.05) is 24.5 Å². The van der Waals surface area contributed by atoms with E-state index in [0.717, 1.165) is 18.0 Å². The molecule has 4 bridgehead atoms. The van der Waals surface area contributed by atoms with E-state index < -0.39 is 0 Å². The van der Waals surface area contributed by atoms with Crippen molar-refractivity contribution < 1.29 is 4.74 Å². The molecule has 4 fully saturated rings. The van der Waals surface area contributed by atoms with E-state index in [1.807, 2.05) is 0 Å². The summed E-state index contributed by atoms with van der Waals surface area (Å²) in [5, 5.41) is 0. The Morgan fingerprint density at radius 3 is 2.64 bits per heavy atom. The summed E-state index contributed by atoms with van der Waals surface area (Å²) >= 11 is 0. The predicted molar refractivity (Wildman–Crippen MR) is 42.4 cm³/mol. The fourth-order valence-corrected chi connectivity index (χ4v) is 2.83. The highest BCUT2D eigenvalue weighted by atomic mass is 16.5. The van der Waals surface area contributed by atoms with Crippen LogP contribution >= 0.6 is 0 Å². The Hall–Kier alpha value is -0.0800. The van der Waals surface area contributed by atoms with Crippen LogP contribution in [0.15, 0.2) is 0 Å². The Morgan fingerprint density at radius 2 is 2.27 bits per heavy atom. The minimum Gasteiger partial charge on any atom is -0.372 e. The van der Waals surface area contributed by atoms with E-state index in [1.165, 1.54) is 13.0 Å². The number of nitrogens with zero attached hydrogens (tertiary/aromatic N) is 1. The Bertz CT molecular complexity index is 180. The van der Waals surface area contributed by atoms with Crippen LogP contribution in [-0.4, -0.2) is 35.7 Å². The minimum absolute atomic E-state index is 0.581. The van der Waals surface area contributed by atoms with Crippen LogP contribution in [0.25, 0.3) is 0 Å². The standard InChI is InChI=1S/C9H15NO/c1-5(2)10-4-6-3-7-8(10)9(7)11-6/h5-9H,3-4H2,1-2H3/t6?,7-,8?,9?/m1/s1. The average Bonchev–Trinajstić information content (AvgIpc) is 2.55. The predicted octanol–water partition coefficient (Wildman–Crippen LogP) is 0.866. The van der Waals surface area contributed by atoms with Gasteiger partial charge in [-0.1, -0.05) is 0 Å². The maximum Gasteiger partial charge on any atom is 0.0783 e. The normalized spacial score (nSPS) is 53.7. The van der Waals surface area contributed by atoms with E-state index in [0.29, 0.717) is 12.2 Å². The number of ether oxygens (including phenoxy) is 1. The van der Waals surface area contributed by atoms with Crippen LogP contribution < -0.4 is 0 Å². The summed E-state index contributed by atoms with van der Waals surface area (Å²) in [4.78, 5) is 2.62. The van der Waals surface area contributed by atoms with Gasteiger partial charge in [0.1, 0.15) is 0 Å². The third kappa shape index (κ3) is 0.695. The first-order valence-electron chi connectivity index (χ1n) is 4.68. The molecule has 2 nitrogen and oxygen atoms in total. The molecule has 3 aliphatic heterocycles. The summed E-state index contributed by atoms with van der Waals surface area (Å²) in [5.74, 6) is 0.913. The van der Waals surface area contributed by atoms with Crippen LogP contribution in [0.1, 0.15) is 20.3 Å². The van der Waals surface area contributed by atoms with E-state index in [2.05, 4.69) is 18.7 Å². The molecular weight excluding hydrogens is 138 g/mol. The third-order valence-electron chi connectivity index (χ3n) is 3.40. The van der Waals surface area contributed by atoms with Gasteiger partial charge in [-0.3, -0.25) is 4.90 Å². The fraction of sp³-hybridized carbons (Fsp3) is 1.00. The summed E-state index contributed by atoms with van der Waals surface area (Å²) in [5.41, 5.74) is 0. The molecule has 0 aromatic heterocycles. The van der Waals surface area contributed by atoms with Crippen LogP contribution in [0.4, 0.5) is 0 Å². The minimum atomic E-state index is 0.581. The maximum atomic E-state index is 5.77. The molecule has 3 heterocycles. The molecule has 11 heavy (non-hydrogen) atoms. The molecule has 4 rings (SSSR count). The van der Waals surface area contributed by atoms with Crippen LogP contribution in [0.3, 0.4) is 0 Å². The molecule has 4 aliphatic rings. The molecule has 0 radical (unpaired) electrons. The lowest BCUT2D eigenvalue weighted by atomic mass is 10.1. The van der Waals surface area contributed by atoms with Gasteiger partial charge >= 0.3 is 0 Å².